The molecule has 25 heavy (non-hydrogen) atoms. The lowest BCUT2D eigenvalue weighted by atomic mass is 10.00. The Bertz CT molecular complexity index is 714. The van der Waals surface area contributed by atoms with E-state index in [2.05, 4.69) is 22.4 Å². The lowest BCUT2D eigenvalue weighted by Crippen LogP contribution is -2.45. The van der Waals surface area contributed by atoms with Crippen molar-refractivity contribution in [2.24, 2.45) is 0 Å². The molecule has 0 saturated carbocycles. The van der Waals surface area contributed by atoms with Gasteiger partial charge in [0.1, 0.15) is 6.33 Å². The maximum atomic E-state index is 12.3. The lowest BCUT2D eigenvalue weighted by Gasteiger charge is -2.35. The monoisotopic (exact) mass is 343 g/mol. The quantitative estimate of drug-likeness (QED) is 0.766. The number of aromatic nitrogens is 4. The van der Waals surface area contributed by atoms with Crippen LogP contribution < -0.4 is 0 Å². The van der Waals surface area contributed by atoms with Gasteiger partial charge < -0.3 is 9.64 Å². The number of rotatable bonds is 5. The first-order valence-corrected chi connectivity index (χ1v) is 8.49. The number of esters is 1. The summed E-state index contributed by atoms with van der Waals surface area (Å²) in [5.74, 6) is -0.633. The number of carbonyl (C=O) groups is 2. The highest BCUT2D eigenvalue weighted by molar-refractivity contribution is 5.91. The van der Waals surface area contributed by atoms with Gasteiger partial charge in [0.05, 0.1) is 11.3 Å². The van der Waals surface area contributed by atoms with Crippen LogP contribution in [0.5, 0.6) is 0 Å². The van der Waals surface area contributed by atoms with Gasteiger partial charge >= 0.3 is 5.97 Å². The summed E-state index contributed by atoms with van der Waals surface area (Å²) in [4.78, 5) is 26.3. The van der Waals surface area contributed by atoms with Gasteiger partial charge in [-0.3, -0.25) is 4.79 Å². The van der Waals surface area contributed by atoms with Crippen LogP contribution in [-0.4, -0.2) is 56.2 Å². The molecule has 8 nitrogen and oxygen atoms in total. The van der Waals surface area contributed by atoms with E-state index >= 15 is 0 Å². The van der Waals surface area contributed by atoms with Crippen LogP contribution in [0.2, 0.25) is 0 Å². The van der Waals surface area contributed by atoms with Crippen molar-refractivity contribution in [2.45, 2.75) is 38.6 Å². The molecule has 0 unspecified atom stereocenters. The highest BCUT2D eigenvalue weighted by Crippen LogP contribution is 2.19. The fraction of sp³-hybridized carbons (Fsp3) is 0.471. The fourth-order valence-electron chi connectivity index (χ4n) is 3.08. The number of hydrogen-bond donors (Lipinski definition) is 0. The van der Waals surface area contributed by atoms with Crippen molar-refractivity contribution in [3.05, 3.63) is 36.2 Å². The average Bonchev–Trinajstić information content (AvgIpc) is 3.20. The molecule has 0 radical (unpaired) electrons. The van der Waals surface area contributed by atoms with Gasteiger partial charge in [-0.15, -0.1) is 5.10 Å². The number of tetrazole rings is 1. The second kappa shape index (κ2) is 7.87. The third kappa shape index (κ3) is 4.01. The van der Waals surface area contributed by atoms with E-state index in [1.165, 1.54) is 11.0 Å². The minimum atomic E-state index is -0.512. The fourth-order valence-corrected chi connectivity index (χ4v) is 3.08. The molecule has 1 aliphatic heterocycles. The first kappa shape index (κ1) is 17.1. The first-order valence-electron chi connectivity index (χ1n) is 8.49. The molecule has 0 aliphatic carbocycles. The molecule has 0 bridgehead atoms. The molecule has 1 aromatic heterocycles. The molecule has 1 atom stereocenters. The van der Waals surface area contributed by atoms with E-state index in [1.807, 2.05) is 4.90 Å². The van der Waals surface area contributed by atoms with E-state index in [0.717, 1.165) is 37.9 Å². The molecule has 1 saturated heterocycles. The van der Waals surface area contributed by atoms with Gasteiger partial charge in [-0.25, -0.2) is 9.48 Å². The number of piperidine rings is 1. The van der Waals surface area contributed by atoms with E-state index in [1.54, 1.807) is 24.3 Å². The van der Waals surface area contributed by atoms with Crippen molar-refractivity contribution in [1.82, 2.24) is 25.1 Å². The lowest BCUT2D eigenvalue weighted by molar-refractivity contribution is -0.138. The summed E-state index contributed by atoms with van der Waals surface area (Å²) in [5, 5.41) is 10.9. The van der Waals surface area contributed by atoms with Gasteiger partial charge in [0.2, 0.25) is 0 Å². The molecule has 2 heterocycles. The Morgan fingerprint density at radius 3 is 2.72 bits per heavy atom. The normalized spacial score (nSPS) is 17.3. The Morgan fingerprint density at radius 1 is 1.24 bits per heavy atom. The summed E-state index contributed by atoms with van der Waals surface area (Å²) in [6, 6.07) is 6.94. The predicted molar refractivity (Wildman–Crippen MR) is 89.1 cm³/mol. The highest BCUT2D eigenvalue weighted by atomic mass is 16.5. The minimum Gasteiger partial charge on any atom is -0.452 e. The first-order chi connectivity index (χ1) is 12.2. The Hall–Kier alpha value is -2.77. The van der Waals surface area contributed by atoms with Gasteiger partial charge in [-0.2, -0.15) is 0 Å². The van der Waals surface area contributed by atoms with E-state index in [-0.39, 0.29) is 18.6 Å². The summed E-state index contributed by atoms with van der Waals surface area (Å²) < 4.78 is 6.68. The zero-order valence-electron chi connectivity index (χ0n) is 14.2. The van der Waals surface area contributed by atoms with Crippen LogP contribution in [0.4, 0.5) is 0 Å². The number of nitrogens with zero attached hydrogens (tertiary/aromatic N) is 5. The van der Waals surface area contributed by atoms with E-state index < -0.39 is 5.97 Å². The summed E-state index contributed by atoms with van der Waals surface area (Å²) in [5.41, 5.74) is 1.12. The number of benzene rings is 1. The second-order valence-electron chi connectivity index (χ2n) is 6.02. The van der Waals surface area contributed by atoms with Crippen LogP contribution >= 0.6 is 0 Å². The molecular formula is C17H21N5O3. The number of amides is 1. The number of likely N-dealkylation sites (tertiary alicyclic amines) is 1. The molecule has 1 aromatic carbocycles. The summed E-state index contributed by atoms with van der Waals surface area (Å²) in [6.07, 6.45) is 5.58. The van der Waals surface area contributed by atoms with E-state index in [9.17, 15) is 9.59 Å². The van der Waals surface area contributed by atoms with Gasteiger partial charge in [0.25, 0.3) is 5.91 Å². The maximum Gasteiger partial charge on any atom is 0.338 e. The molecule has 2 aromatic rings. The van der Waals surface area contributed by atoms with Gasteiger partial charge in [0, 0.05) is 12.6 Å². The molecular weight excluding hydrogens is 322 g/mol. The number of ether oxygens (including phenoxy) is 1. The third-order valence-electron chi connectivity index (χ3n) is 4.46. The van der Waals surface area contributed by atoms with Crippen molar-refractivity contribution in [3.63, 3.8) is 0 Å². The van der Waals surface area contributed by atoms with Crippen LogP contribution in [0.3, 0.4) is 0 Å². The van der Waals surface area contributed by atoms with Gasteiger partial charge in [-0.05, 0) is 60.4 Å². The van der Waals surface area contributed by atoms with Crippen LogP contribution in [0.25, 0.3) is 5.69 Å². The molecule has 0 spiro atoms. The Kier molecular flexibility index (Phi) is 5.37. The molecule has 3 rings (SSSR count). The molecule has 0 N–H and O–H groups in total. The summed E-state index contributed by atoms with van der Waals surface area (Å²) in [7, 11) is 0. The van der Waals surface area contributed by atoms with Crippen LogP contribution in [0, 0.1) is 0 Å². The molecule has 1 fully saturated rings. The number of hydrogen-bond acceptors (Lipinski definition) is 6. The molecule has 132 valence electrons. The third-order valence-corrected chi connectivity index (χ3v) is 4.46. The van der Waals surface area contributed by atoms with Crippen LogP contribution in [-0.2, 0) is 9.53 Å². The molecule has 1 amide bonds. The smallest absolute Gasteiger partial charge is 0.338 e. The van der Waals surface area contributed by atoms with Crippen molar-refractivity contribution in [2.75, 3.05) is 13.2 Å². The Balaban J connectivity index is 1.56. The number of carbonyl (C=O) groups excluding carboxylic acids is 2. The predicted octanol–water partition coefficient (Wildman–Crippen LogP) is 1.61. The van der Waals surface area contributed by atoms with Gasteiger partial charge in [-0.1, -0.05) is 6.92 Å². The second-order valence-corrected chi connectivity index (χ2v) is 6.02. The zero-order chi connectivity index (χ0) is 17.6. The van der Waals surface area contributed by atoms with Crippen molar-refractivity contribution >= 4 is 11.9 Å². The zero-order valence-corrected chi connectivity index (χ0v) is 14.2. The van der Waals surface area contributed by atoms with E-state index in [0.29, 0.717) is 5.56 Å². The maximum absolute atomic E-state index is 12.3. The Labute approximate surface area is 145 Å². The van der Waals surface area contributed by atoms with E-state index in [4.69, 9.17) is 4.74 Å². The summed E-state index contributed by atoms with van der Waals surface area (Å²) >= 11 is 0. The Morgan fingerprint density at radius 2 is 2.04 bits per heavy atom. The molecule has 8 heteroatoms. The van der Waals surface area contributed by atoms with Crippen molar-refractivity contribution in [3.8, 4) is 5.69 Å². The summed E-state index contributed by atoms with van der Waals surface area (Å²) in [6.45, 7) is 2.61. The highest BCUT2D eigenvalue weighted by Gasteiger charge is 2.26. The van der Waals surface area contributed by atoms with Crippen molar-refractivity contribution < 1.29 is 14.3 Å². The van der Waals surface area contributed by atoms with Crippen LogP contribution in [0.1, 0.15) is 43.0 Å². The topological polar surface area (TPSA) is 90.2 Å². The van der Waals surface area contributed by atoms with Gasteiger partial charge in [0.15, 0.2) is 6.61 Å². The molecule has 1 aliphatic rings. The van der Waals surface area contributed by atoms with Crippen molar-refractivity contribution in [1.29, 1.82) is 0 Å². The standard InChI is InChI=1S/C17H21N5O3/c1-2-14-5-3-4-10-21(14)16(23)11-25-17(24)13-6-8-15(9-7-13)22-12-18-19-20-22/h6-9,12,14H,2-5,10-11H2,1H3/t14-/m0/s1. The minimum absolute atomic E-state index is 0.120. The van der Waals surface area contributed by atoms with Crippen LogP contribution in [0.15, 0.2) is 30.6 Å². The average molecular weight is 343 g/mol. The SMILES string of the molecule is CC[C@H]1CCCCN1C(=O)COC(=O)c1ccc(-n2cnnn2)cc1. The largest absolute Gasteiger partial charge is 0.452 e.